The Hall–Kier alpha value is -5.64. The largest absolute Gasteiger partial charge is 0.309 e. The number of nitrogens with zero attached hydrogens (tertiary/aromatic N) is 2. The Balaban J connectivity index is 1.34. The second kappa shape index (κ2) is 9.43. The molecule has 0 aliphatic carbocycles. The molecule has 0 N–H and O–H groups in total. The van der Waals surface area contributed by atoms with Crippen molar-refractivity contribution in [1.82, 2.24) is 9.13 Å². The number of benzene rings is 7. The van der Waals surface area contributed by atoms with Crippen LogP contribution in [-0.4, -0.2) is 9.13 Å². The minimum atomic E-state index is -0.218. The van der Waals surface area contributed by atoms with Crippen LogP contribution in [0.2, 0.25) is 0 Å². The van der Waals surface area contributed by atoms with Gasteiger partial charge in [-0.15, -0.1) is 11.3 Å². The van der Waals surface area contributed by atoms with Crippen LogP contribution in [0.25, 0.3) is 86.3 Å². The summed E-state index contributed by atoms with van der Waals surface area (Å²) in [6.45, 7) is 0. The third-order valence-electron chi connectivity index (χ3n) is 8.83. The van der Waals surface area contributed by atoms with Crippen LogP contribution in [0, 0.1) is 0 Å². The van der Waals surface area contributed by atoms with Gasteiger partial charge in [0.15, 0.2) is 0 Å². The Morgan fingerprint density at radius 3 is 1.82 bits per heavy atom. The van der Waals surface area contributed by atoms with E-state index < -0.39 is 0 Å². The fourth-order valence-electron chi connectivity index (χ4n) is 6.90. The van der Waals surface area contributed by atoms with Crippen LogP contribution in [0.3, 0.4) is 0 Å². The smallest absolute Gasteiger partial charge is 0.0645 e. The number of para-hydroxylation sites is 3. The summed E-state index contributed by atoms with van der Waals surface area (Å²) < 4.78 is 60.0. The molecule has 0 saturated heterocycles. The van der Waals surface area contributed by atoms with Crippen molar-refractivity contribution in [3.8, 4) is 22.5 Å². The highest BCUT2D eigenvalue weighted by Crippen LogP contribution is 2.43. The second-order valence-electron chi connectivity index (χ2n) is 11.3. The summed E-state index contributed by atoms with van der Waals surface area (Å²) >= 11 is 1.16. The number of fused-ring (bicyclic) bond motifs is 9. The quantitative estimate of drug-likeness (QED) is 0.192. The van der Waals surface area contributed by atoms with Crippen molar-refractivity contribution in [2.24, 2.45) is 0 Å². The third-order valence-corrected chi connectivity index (χ3v) is 9.85. The Morgan fingerprint density at radius 1 is 0.467 bits per heavy atom. The molecule has 0 unspecified atom stereocenters. The molecule has 2 nitrogen and oxygen atoms in total. The lowest BCUT2D eigenvalue weighted by atomic mass is 10.0. The Bertz CT molecular complexity index is 3050. The van der Waals surface area contributed by atoms with Crippen molar-refractivity contribution >= 4 is 75.1 Å². The summed E-state index contributed by atoms with van der Waals surface area (Å²) in [4.78, 5) is 0. The van der Waals surface area contributed by atoms with Gasteiger partial charge in [0.05, 0.1) is 36.0 Å². The minimum absolute atomic E-state index is 0.0255. The first-order valence-corrected chi connectivity index (χ1v) is 15.7. The molecule has 0 aliphatic heterocycles. The maximum absolute atomic E-state index is 9.52. The van der Waals surface area contributed by atoms with Crippen molar-refractivity contribution in [3.05, 3.63) is 158 Å². The zero-order valence-corrected chi connectivity index (χ0v) is 24.7. The fraction of sp³-hybridized carbons (Fsp3) is 0. The molecule has 0 spiro atoms. The predicted molar refractivity (Wildman–Crippen MR) is 193 cm³/mol. The van der Waals surface area contributed by atoms with Crippen molar-refractivity contribution in [2.75, 3.05) is 0 Å². The lowest BCUT2D eigenvalue weighted by Gasteiger charge is -2.12. The number of rotatable bonds is 3. The van der Waals surface area contributed by atoms with Gasteiger partial charge in [0.1, 0.15) is 0 Å². The van der Waals surface area contributed by atoms with E-state index in [1.165, 1.54) is 10.8 Å². The first kappa shape index (κ1) is 19.6. The summed E-state index contributed by atoms with van der Waals surface area (Å²) in [5.74, 6) is 0. The lowest BCUT2D eigenvalue weighted by Crippen LogP contribution is -1.96. The van der Waals surface area contributed by atoms with Crippen molar-refractivity contribution in [2.45, 2.75) is 0 Å². The molecule has 3 heterocycles. The minimum Gasteiger partial charge on any atom is -0.309 e. The summed E-state index contributed by atoms with van der Waals surface area (Å²) in [6, 6.07) is 39.9. The van der Waals surface area contributed by atoms with Crippen LogP contribution in [-0.2, 0) is 0 Å². The zero-order chi connectivity index (χ0) is 34.7. The molecule has 210 valence electrons. The van der Waals surface area contributed by atoms with Gasteiger partial charge in [-0.1, -0.05) is 97.0 Å². The van der Waals surface area contributed by atoms with E-state index in [0.29, 0.717) is 37.0 Å². The van der Waals surface area contributed by atoms with Gasteiger partial charge in [-0.25, -0.2) is 0 Å². The van der Waals surface area contributed by atoms with E-state index in [1.54, 1.807) is 0 Å². The molecule has 0 fully saturated rings. The van der Waals surface area contributed by atoms with Gasteiger partial charge in [0.2, 0.25) is 0 Å². The number of thiophene rings is 1. The van der Waals surface area contributed by atoms with E-state index in [1.807, 2.05) is 53.1 Å². The Kier molecular flexibility index (Phi) is 4.11. The normalized spacial score (nSPS) is 13.9. The van der Waals surface area contributed by atoms with E-state index >= 15 is 0 Å². The molecule has 3 aromatic heterocycles. The van der Waals surface area contributed by atoms with Gasteiger partial charge < -0.3 is 9.13 Å². The van der Waals surface area contributed by atoms with E-state index in [9.17, 15) is 2.74 Å². The standard InChI is InChI=1S/C42H26N2S/c1-2-11-27(12-3-1)28-21-24-40-34(25-28)42-39(19-10-20-41(42)45-40)44-37-18-9-6-15-32(37)33-26-29(22-23-38(33)44)43-35-16-7-4-13-30(35)31-14-5-8-17-36(31)43/h1-26H/i10D,19D,20D,21D,24D,25D. The molecule has 3 heteroatoms. The third kappa shape index (κ3) is 3.56. The van der Waals surface area contributed by atoms with Crippen LogP contribution in [0.1, 0.15) is 8.22 Å². The van der Waals surface area contributed by atoms with Crippen LogP contribution in [0.15, 0.2) is 158 Å². The van der Waals surface area contributed by atoms with E-state index in [4.69, 9.17) is 5.48 Å². The lowest BCUT2D eigenvalue weighted by molar-refractivity contribution is 1.17. The maximum Gasteiger partial charge on any atom is 0.0645 e. The zero-order valence-electron chi connectivity index (χ0n) is 29.8. The van der Waals surface area contributed by atoms with Crippen LogP contribution in [0.5, 0.6) is 0 Å². The first-order valence-electron chi connectivity index (χ1n) is 17.9. The fourth-order valence-corrected chi connectivity index (χ4v) is 7.86. The predicted octanol–water partition coefficient (Wildman–Crippen LogP) is 11.9. The molecule has 0 atom stereocenters. The Labute approximate surface area is 272 Å². The SMILES string of the molecule is [2H]c1c(-c2ccccc2)c([2H])c2c(sc3c([2H])c([2H])c([2H])c(-n4c5ccccc5c5cc(-n6c7ccccc7c7ccccc76)ccc54)c32)c1[2H]. The molecule has 0 saturated carbocycles. The topological polar surface area (TPSA) is 9.86 Å². The van der Waals surface area contributed by atoms with Crippen LogP contribution in [0.4, 0.5) is 0 Å². The van der Waals surface area contributed by atoms with Gasteiger partial charge in [0.25, 0.3) is 0 Å². The van der Waals surface area contributed by atoms with Gasteiger partial charge in [0, 0.05) is 47.4 Å². The number of hydrogen-bond acceptors (Lipinski definition) is 1. The highest BCUT2D eigenvalue weighted by molar-refractivity contribution is 7.25. The summed E-state index contributed by atoms with van der Waals surface area (Å²) in [6.07, 6.45) is 0. The summed E-state index contributed by atoms with van der Waals surface area (Å²) in [7, 11) is 0. The van der Waals surface area contributed by atoms with Gasteiger partial charge in [-0.05, 0) is 71.7 Å². The van der Waals surface area contributed by atoms with Crippen LogP contribution < -0.4 is 0 Å². The van der Waals surface area contributed by atoms with E-state index in [0.717, 1.165) is 49.9 Å². The van der Waals surface area contributed by atoms with Gasteiger partial charge in [-0.3, -0.25) is 0 Å². The first-order chi connectivity index (χ1) is 24.8. The summed E-state index contributed by atoms with van der Waals surface area (Å²) in [5, 5.41) is 5.19. The van der Waals surface area contributed by atoms with Crippen molar-refractivity contribution < 1.29 is 8.22 Å². The van der Waals surface area contributed by atoms with E-state index in [2.05, 4.69) is 77.4 Å². The maximum atomic E-state index is 9.52. The molecular weight excluding hydrogens is 565 g/mol. The van der Waals surface area contributed by atoms with Crippen molar-refractivity contribution in [3.63, 3.8) is 0 Å². The van der Waals surface area contributed by atoms with E-state index in [-0.39, 0.29) is 36.3 Å². The molecule has 10 aromatic rings. The van der Waals surface area contributed by atoms with Crippen LogP contribution >= 0.6 is 11.3 Å². The summed E-state index contributed by atoms with van der Waals surface area (Å²) in [5.41, 5.74) is 6.24. The van der Waals surface area contributed by atoms with Gasteiger partial charge in [-0.2, -0.15) is 0 Å². The van der Waals surface area contributed by atoms with Crippen molar-refractivity contribution in [1.29, 1.82) is 0 Å². The molecule has 0 aliphatic rings. The monoisotopic (exact) mass is 596 g/mol. The number of hydrogen-bond donors (Lipinski definition) is 0. The molecule has 7 aromatic carbocycles. The molecule has 0 radical (unpaired) electrons. The molecule has 10 rings (SSSR count). The number of aromatic nitrogens is 2. The molecule has 0 amide bonds. The Morgan fingerprint density at radius 2 is 1.09 bits per heavy atom. The average Bonchev–Trinajstić information content (AvgIpc) is 3.83. The second-order valence-corrected chi connectivity index (χ2v) is 12.3. The molecular formula is C42H26N2S. The van der Waals surface area contributed by atoms with Gasteiger partial charge >= 0.3 is 0 Å². The highest BCUT2D eigenvalue weighted by atomic mass is 32.1. The molecule has 45 heavy (non-hydrogen) atoms. The average molecular weight is 597 g/mol. The highest BCUT2D eigenvalue weighted by Gasteiger charge is 2.19. The molecule has 0 bridgehead atoms.